The molecule has 2 aliphatic heterocycles. The number of hydrogen-bond donors (Lipinski definition) is 1. The van der Waals surface area contributed by atoms with Gasteiger partial charge in [-0.25, -0.2) is 14.1 Å². The summed E-state index contributed by atoms with van der Waals surface area (Å²) in [6.45, 7) is 1.56. The van der Waals surface area contributed by atoms with E-state index in [9.17, 15) is 18.8 Å². The van der Waals surface area contributed by atoms with Crippen LogP contribution in [-0.4, -0.2) is 30.4 Å². The predicted molar refractivity (Wildman–Crippen MR) is 89.7 cm³/mol. The minimum Gasteiger partial charge on any atom is -0.464 e. The van der Waals surface area contributed by atoms with Crippen LogP contribution in [0.5, 0.6) is 0 Å². The van der Waals surface area contributed by atoms with Crippen LogP contribution in [-0.2, 0) is 19.1 Å². The second-order valence-electron chi connectivity index (χ2n) is 6.95. The topological polar surface area (TPSA) is 93.4 Å². The molecule has 0 bridgehead atoms. The first-order chi connectivity index (χ1) is 12.9. The van der Waals surface area contributed by atoms with E-state index >= 15 is 0 Å². The van der Waals surface area contributed by atoms with Crippen LogP contribution in [0.2, 0.25) is 0 Å². The monoisotopic (exact) mass is 373 g/mol. The lowest BCUT2D eigenvalue weighted by Gasteiger charge is -2.25. The van der Waals surface area contributed by atoms with Crippen molar-refractivity contribution in [3.8, 4) is 0 Å². The highest BCUT2D eigenvalue weighted by Gasteiger charge is 2.71. The fourth-order valence-corrected chi connectivity index (χ4v) is 4.29. The molecule has 7 nitrogen and oxygen atoms in total. The maximum atomic E-state index is 14.3. The van der Waals surface area contributed by atoms with Crippen LogP contribution in [0.3, 0.4) is 0 Å². The van der Waals surface area contributed by atoms with Crippen molar-refractivity contribution in [3.63, 3.8) is 0 Å². The van der Waals surface area contributed by atoms with E-state index in [-0.39, 0.29) is 5.69 Å². The minimum absolute atomic E-state index is 0.118. The molecule has 3 heterocycles. The zero-order valence-corrected chi connectivity index (χ0v) is 14.7. The van der Waals surface area contributed by atoms with Crippen LogP contribution in [0, 0.1) is 17.7 Å². The summed E-state index contributed by atoms with van der Waals surface area (Å²) in [5.41, 5.74) is -1.45. The maximum Gasteiger partial charge on any atom is 0.368 e. The van der Waals surface area contributed by atoms with Crippen molar-refractivity contribution in [2.45, 2.75) is 18.5 Å². The standard InChI is InChI=1S/C19H17FN2O5/c1-19(18(25)26-2)14-13(15(21-19)12-8-5-9-27-12)16(23)22(17(14)24)11-7-4-3-6-10(11)20/h3-9,13-15,21H,1-2H3/p+1/t13-,14+,15-,19-/m0/s1. The Morgan fingerprint density at radius 1 is 1.22 bits per heavy atom. The lowest BCUT2D eigenvalue weighted by molar-refractivity contribution is -0.732. The van der Waals surface area contributed by atoms with Gasteiger partial charge in [-0.05, 0) is 24.3 Å². The molecule has 140 valence electrons. The summed E-state index contributed by atoms with van der Waals surface area (Å²) in [5, 5.41) is 1.64. The Hall–Kier alpha value is -3.00. The quantitative estimate of drug-likeness (QED) is 0.634. The number of rotatable bonds is 3. The molecule has 2 aliphatic rings. The molecular formula is C19H18FN2O5+. The summed E-state index contributed by atoms with van der Waals surface area (Å²) in [4.78, 5) is 39.7. The molecule has 4 atom stereocenters. The van der Waals surface area contributed by atoms with Crippen molar-refractivity contribution in [3.05, 3.63) is 54.2 Å². The molecule has 8 heteroatoms. The van der Waals surface area contributed by atoms with Gasteiger partial charge in [0.15, 0.2) is 11.8 Å². The molecule has 0 spiro atoms. The highest BCUT2D eigenvalue weighted by molar-refractivity contribution is 6.23. The smallest absolute Gasteiger partial charge is 0.368 e. The molecule has 2 N–H and O–H groups in total. The number of nitrogens with two attached hydrogens (primary N) is 1. The summed E-state index contributed by atoms with van der Waals surface area (Å²) in [6.07, 6.45) is 1.46. The Morgan fingerprint density at radius 2 is 1.96 bits per heavy atom. The van der Waals surface area contributed by atoms with Gasteiger partial charge in [0.25, 0.3) is 0 Å². The molecule has 4 rings (SSSR count). The number of hydrogen-bond acceptors (Lipinski definition) is 5. The van der Waals surface area contributed by atoms with E-state index in [1.807, 2.05) is 0 Å². The number of carbonyl (C=O) groups is 3. The van der Waals surface area contributed by atoms with Gasteiger partial charge in [0, 0.05) is 6.92 Å². The molecule has 2 aromatic rings. The van der Waals surface area contributed by atoms with Crippen LogP contribution in [0.4, 0.5) is 10.1 Å². The number of fused-ring (bicyclic) bond motifs is 1. The fraction of sp³-hybridized carbons (Fsp3) is 0.316. The van der Waals surface area contributed by atoms with Crippen molar-refractivity contribution in [1.82, 2.24) is 0 Å². The number of quaternary nitrogens is 1. The number of halogens is 1. The molecule has 0 radical (unpaired) electrons. The van der Waals surface area contributed by atoms with Crippen LogP contribution >= 0.6 is 0 Å². The summed E-state index contributed by atoms with van der Waals surface area (Å²) >= 11 is 0. The summed E-state index contributed by atoms with van der Waals surface area (Å²) < 4.78 is 24.6. The highest BCUT2D eigenvalue weighted by atomic mass is 19.1. The molecule has 1 aromatic heterocycles. The SMILES string of the molecule is COC(=O)[C@@]1(C)[NH2+][C@@H](c2ccco2)[C@H]2C(=O)N(c3ccccc3F)C(=O)[C@@H]21. The molecule has 2 saturated heterocycles. The summed E-state index contributed by atoms with van der Waals surface area (Å²) in [6, 6.07) is 8.33. The molecule has 0 unspecified atom stereocenters. The van der Waals surface area contributed by atoms with Gasteiger partial charge in [0.1, 0.15) is 17.7 Å². The first-order valence-corrected chi connectivity index (χ1v) is 8.50. The average Bonchev–Trinajstić information content (AvgIpc) is 3.34. The number of imide groups is 1. The van der Waals surface area contributed by atoms with E-state index in [0.29, 0.717) is 5.76 Å². The summed E-state index contributed by atoms with van der Waals surface area (Å²) in [7, 11) is 1.23. The number of anilines is 1. The molecule has 27 heavy (non-hydrogen) atoms. The fourth-order valence-electron chi connectivity index (χ4n) is 4.29. The van der Waals surface area contributed by atoms with E-state index in [1.165, 1.54) is 31.6 Å². The number of methoxy groups -OCH3 is 1. The van der Waals surface area contributed by atoms with Gasteiger partial charge in [-0.1, -0.05) is 12.1 Å². The normalized spacial score (nSPS) is 29.9. The van der Waals surface area contributed by atoms with Crippen molar-refractivity contribution >= 4 is 23.5 Å². The van der Waals surface area contributed by atoms with Crippen LogP contribution in [0.1, 0.15) is 18.7 Å². The number of furan rings is 1. The van der Waals surface area contributed by atoms with Gasteiger partial charge >= 0.3 is 5.97 Å². The second kappa shape index (κ2) is 6.02. The molecule has 0 aliphatic carbocycles. The van der Waals surface area contributed by atoms with Gasteiger partial charge in [-0.15, -0.1) is 0 Å². The van der Waals surface area contributed by atoms with E-state index in [2.05, 4.69) is 0 Å². The third-order valence-corrected chi connectivity index (χ3v) is 5.50. The third-order valence-electron chi connectivity index (χ3n) is 5.50. The molecular weight excluding hydrogens is 355 g/mol. The lowest BCUT2D eigenvalue weighted by atomic mass is 9.81. The maximum absolute atomic E-state index is 14.3. The van der Waals surface area contributed by atoms with Gasteiger partial charge in [0.2, 0.25) is 17.4 Å². The van der Waals surface area contributed by atoms with E-state index in [1.54, 1.807) is 30.4 Å². The molecule has 1 aromatic carbocycles. The second-order valence-corrected chi connectivity index (χ2v) is 6.95. The average molecular weight is 373 g/mol. The largest absolute Gasteiger partial charge is 0.464 e. The number of esters is 1. The number of ether oxygens (including phenoxy) is 1. The van der Waals surface area contributed by atoms with Gasteiger partial charge in [0.05, 0.1) is 19.1 Å². The van der Waals surface area contributed by atoms with E-state index < -0.39 is 47.0 Å². The Bertz CT molecular complexity index is 928. The third kappa shape index (κ3) is 2.33. The predicted octanol–water partition coefficient (Wildman–Crippen LogP) is 0.774. The molecule has 0 saturated carbocycles. The van der Waals surface area contributed by atoms with Crippen molar-refractivity contribution in [2.24, 2.45) is 11.8 Å². The Kier molecular flexibility index (Phi) is 3.88. The van der Waals surface area contributed by atoms with Gasteiger partial charge in [-0.2, -0.15) is 0 Å². The Labute approximate surface area is 154 Å². The first-order valence-electron chi connectivity index (χ1n) is 8.50. The van der Waals surface area contributed by atoms with Crippen molar-refractivity contribution < 1.29 is 33.2 Å². The number of amides is 2. The van der Waals surface area contributed by atoms with E-state index in [4.69, 9.17) is 9.15 Å². The van der Waals surface area contributed by atoms with Gasteiger partial charge < -0.3 is 14.5 Å². The zero-order valence-electron chi connectivity index (χ0n) is 14.7. The van der Waals surface area contributed by atoms with Gasteiger partial charge in [-0.3, -0.25) is 9.59 Å². The number of nitrogens with zero attached hydrogens (tertiary/aromatic N) is 1. The molecule has 2 amide bonds. The Morgan fingerprint density at radius 3 is 2.59 bits per heavy atom. The molecule has 2 fully saturated rings. The first kappa shape index (κ1) is 17.4. The van der Waals surface area contributed by atoms with Crippen molar-refractivity contribution in [2.75, 3.05) is 12.0 Å². The lowest BCUT2D eigenvalue weighted by Crippen LogP contribution is -2.97. The van der Waals surface area contributed by atoms with Crippen LogP contribution in [0.15, 0.2) is 47.1 Å². The number of para-hydroxylation sites is 1. The number of carbonyl (C=O) groups excluding carboxylic acids is 3. The van der Waals surface area contributed by atoms with Crippen LogP contribution < -0.4 is 10.2 Å². The van der Waals surface area contributed by atoms with Crippen LogP contribution in [0.25, 0.3) is 0 Å². The van der Waals surface area contributed by atoms with Crippen molar-refractivity contribution in [1.29, 1.82) is 0 Å². The Balaban J connectivity index is 1.84. The van der Waals surface area contributed by atoms with E-state index in [0.717, 1.165) is 4.90 Å². The minimum atomic E-state index is -1.33. The highest BCUT2D eigenvalue weighted by Crippen LogP contribution is 2.46. The summed E-state index contributed by atoms with van der Waals surface area (Å²) in [5.74, 6) is -3.87. The number of benzene rings is 1. The zero-order chi connectivity index (χ0) is 19.3.